The predicted molar refractivity (Wildman–Crippen MR) is 42.4 cm³/mol. The minimum atomic E-state index is -4.39. The molecule has 0 fully saturated rings. The quantitative estimate of drug-likeness (QED) is 0.778. The average Bonchev–Trinajstić information content (AvgIpc) is 2.69. The minimum Gasteiger partial charge on any atom is -0.252 e. The fraction of sp³-hybridized carbons (Fsp3) is 0.143. The predicted octanol–water partition coefficient (Wildman–Crippen LogP) is 1.28. The van der Waals surface area contributed by atoms with E-state index in [2.05, 4.69) is 25.6 Å². The molecule has 0 saturated heterocycles. The van der Waals surface area contributed by atoms with Crippen molar-refractivity contribution in [3.8, 4) is 11.5 Å². The molecule has 0 aliphatic carbocycles. The third kappa shape index (κ3) is 1.92. The van der Waals surface area contributed by atoms with Crippen LogP contribution in [-0.2, 0) is 6.18 Å². The number of nitrogens with one attached hydrogen (secondary N) is 1. The molecule has 0 atom stereocenters. The summed E-state index contributed by atoms with van der Waals surface area (Å²) in [5, 5.41) is 12.6. The van der Waals surface area contributed by atoms with Crippen LogP contribution in [-0.4, -0.2) is 25.6 Å². The van der Waals surface area contributed by atoms with Gasteiger partial charge in [0.1, 0.15) is 5.69 Å². The standard InChI is InChI=1S/C7H4F3N5/c8-7(9,10)4-1-2-5(11-3-4)6-12-14-15-13-6/h1-3H,(H,12,13,14,15). The van der Waals surface area contributed by atoms with Crippen LogP contribution in [0.15, 0.2) is 18.3 Å². The molecule has 0 aromatic carbocycles. The zero-order chi connectivity index (χ0) is 10.9. The highest BCUT2D eigenvalue weighted by Gasteiger charge is 2.30. The van der Waals surface area contributed by atoms with Gasteiger partial charge in [-0.3, -0.25) is 4.98 Å². The van der Waals surface area contributed by atoms with E-state index in [1.165, 1.54) is 6.07 Å². The maximum Gasteiger partial charge on any atom is 0.417 e. The van der Waals surface area contributed by atoms with E-state index in [1.807, 2.05) is 0 Å². The van der Waals surface area contributed by atoms with E-state index >= 15 is 0 Å². The van der Waals surface area contributed by atoms with E-state index in [0.717, 1.165) is 12.3 Å². The molecule has 2 rings (SSSR count). The number of alkyl halides is 3. The molecule has 0 radical (unpaired) electrons. The van der Waals surface area contributed by atoms with Crippen molar-refractivity contribution in [1.29, 1.82) is 0 Å². The van der Waals surface area contributed by atoms with Gasteiger partial charge in [0.2, 0.25) is 5.82 Å². The van der Waals surface area contributed by atoms with Crippen LogP contribution < -0.4 is 0 Å². The summed E-state index contributed by atoms with van der Waals surface area (Å²) in [5.41, 5.74) is -0.577. The largest absolute Gasteiger partial charge is 0.417 e. The number of aromatic nitrogens is 5. The van der Waals surface area contributed by atoms with Crippen molar-refractivity contribution in [2.75, 3.05) is 0 Å². The molecule has 0 bridgehead atoms. The minimum absolute atomic E-state index is 0.156. The number of H-pyrrole nitrogens is 1. The van der Waals surface area contributed by atoms with Crippen LogP contribution in [0.3, 0.4) is 0 Å². The highest BCUT2D eigenvalue weighted by molar-refractivity contribution is 5.47. The Labute approximate surface area is 81.3 Å². The first kappa shape index (κ1) is 9.56. The third-order valence-corrected chi connectivity index (χ3v) is 1.67. The lowest BCUT2D eigenvalue weighted by Crippen LogP contribution is -2.05. The van der Waals surface area contributed by atoms with Gasteiger partial charge in [-0.05, 0) is 17.3 Å². The Morgan fingerprint density at radius 3 is 2.47 bits per heavy atom. The van der Waals surface area contributed by atoms with Crippen LogP contribution in [0.4, 0.5) is 13.2 Å². The monoisotopic (exact) mass is 215 g/mol. The Kier molecular flexibility index (Phi) is 2.10. The summed E-state index contributed by atoms with van der Waals surface area (Å²) in [6.45, 7) is 0. The molecule has 0 saturated carbocycles. The van der Waals surface area contributed by atoms with Crippen LogP contribution >= 0.6 is 0 Å². The second kappa shape index (κ2) is 3.30. The number of aromatic amines is 1. The van der Waals surface area contributed by atoms with Crippen LogP contribution in [0, 0.1) is 0 Å². The summed E-state index contributed by atoms with van der Waals surface area (Å²) in [5.74, 6) is 0.156. The van der Waals surface area contributed by atoms with Crippen LogP contribution in [0.1, 0.15) is 5.56 Å². The molecule has 0 spiro atoms. The Morgan fingerprint density at radius 1 is 1.20 bits per heavy atom. The summed E-state index contributed by atoms with van der Waals surface area (Å²) >= 11 is 0. The molecule has 0 aliphatic rings. The van der Waals surface area contributed by atoms with E-state index < -0.39 is 11.7 Å². The van der Waals surface area contributed by atoms with Crippen LogP contribution in [0.25, 0.3) is 11.5 Å². The van der Waals surface area contributed by atoms with Crippen molar-refractivity contribution in [1.82, 2.24) is 25.6 Å². The molecular weight excluding hydrogens is 211 g/mol. The van der Waals surface area contributed by atoms with Gasteiger partial charge in [0.05, 0.1) is 5.56 Å². The van der Waals surface area contributed by atoms with E-state index in [4.69, 9.17) is 0 Å². The van der Waals surface area contributed by atoms with Gasteiger partial charge in [0.15, 0.2) is 0 Å². The molecule has 0 unspecified atom stereocenters. The molecule has 2 heterocycles. The maximum absolute atomic E-state index is 12.2. The van der Waals surface area contributed by atoms with Gasteiger partial charge in [-0.2, -0.15) is 18.4 Å². The zero-order valence-corrected chi connectivity index (χ0v) is 7.15. The average molecular weight is 215 g/mol. The molecular formula is C7H4F3N5. The number of tetrazole rings is 1. The van der Waals surface area contributed by atoms with Crippen molar-refractivity contribution in [3.63, 3.8) is 0 Å². The summed E-state index contributed by atoms with van der Waals surface area (Å²) in [4.78, 5) is 3.58. The number of rotatable bonds is 1. The van der Waals surface area contributed by atoms with Crippen molar-refractivity contribution in [2.45, 2.75) is 6.18 Å². The van der Waals surface area contributed by atoms with Crippen molar-refractivity contribution in [2.24, 2.45) is 0 Å². The van der Waals surface area contributed by atoms with Gasteiger partial charge in [-0.1, -0.05) is 0 Å². The third-order valence-electron chi connectivity index (χ3n) is 1.67. The first-order chi connectivity index (χ1) is 7.07. The highest BCUT2D eigenvalue weighted by Crippen LogP contribution is 2.28. The van der Waals surface area contributed by atoms with Crippen molar-refractivity contribution < 1.29 is 13.2 Å². The Bertz CT molecular complexity index is 433. The number of nitrogens with zero attached hydrogens (tertiary/aromatic N) is 4. The van der Waals surface area contributed by atoms with Crippen molar-refractivity contribution >= 4 is 0 Å². The van der Waals surface area contributed by atoms with Gasteiger partial charge < -0.3 is 0 Å². The van der Waals surface area contributed by atoms with Crippen molar-refractivity contribution in [3.05, 3.63) is 23.9 Å². The zero-order valence-electron chi connectivity index (χ0n) is 7.15. The first-order valence-corrected chi connectivity index (χ1v) is 3.84. The fourth-order valence-corrected chi connectivity index (χ4v) is 0.964. The molecule has 8 heteroatoms. The Hall–Kier alpha value is -1.99. The Balaban J connectivity index is 2.33. The topological polar surface area (TPSA) is 67.3 Å². The second-order valence-corrected chi connectivity index (χ2v) is 2.67. The Morgan fingerprint density at radius 2 is 2.00 bits per heavy atom. The molecule has 0 amide bonds. The second-order valence-electron chi connectivity index (χ2n) is 2.67. The van der Waals surface area contributed by atoms with E-state index in [0.29, 0.717) is 0 Å². The molecule has 2 aromatic rings. The number of halogens is 3. The normalized spacial score (nSPS) is 11.7. The van der Waals surface area contributed by atoms with E-state index in [9.17, 15) is 13.2 Å². The molecule has 15 heavy (non-hydrogen) atoms. The number of pyridine rings is 1. The molecule has 2 aromatic heterocycles. The summed E-state index contributed by atoms with van der Waals surface area (Å²) in [6.07, 6.45) is -3.66. The van der Waals surface area contributed by atoms with E-state index in [1.54, 1.807) is 0 Å². The molecule has 5 nitrogen and oxygen atoms in total. The lowest BCUT2D eigenvalue weighted by molar-refractivity contribution is -0.137. The van der Waals surface area contributed by atoms with Gasteiger partial charge in [0, 0.05) is 6.20 Å². The highest BCUT2D eigenvalue weighted by atomic mass is 19.4. The lowest BCUT2D eigenvalue weighted by atomic mass is 10.2. The summed E-state index contributed by atoms with van der Waals surface area (Å²) in [7, 11) is 0. The van der Waals surface area contributed by atoms with Gasteiger partial charge in [-0.15, -0.1) is 10.2 Å². The van der Waals surface area contributed by atoms with E-state index in [-0.39, 0.29) is 11.5 Å². The van der Waals surface area contributed by atoms with Crippen LogP contribution in [0.5, 0.6) is 0 Å². The smallest absolute Gasteiger partial charge is 0.252 e. The van der Waals surface area contributed by atoms with Gasteiger partial charge in [-0.25, -0.2) is 0 Å². The molecule has 0 aliphatic heterocycles. The van der Waals surface area contributed by atoms with Crippen LogP contribution in [0.2, 0.25) is 0 Å². The maximum atomic E-state index is 12.2. The lowest BCUT2D eigenvalue weighted by Gasteiger charge is -2.05. The molecule has 1 N–H and O–H groups in total. The van der Waals surface area contributed by atoms with Gasteiger partial charge >= 0.3 is 6.18 Å². The van der Waals surface area contributed by atoms with Gasteiger partial charge in [0.25, 0.3) is 0 Å². The SMILES string of the molecule is FC(F)(F)c1ccc(-c2nn[nH]n2)nc1. The number of hydrogen-bond donors (Lipinski definition) is 1. The number of hydrogen-bond acceptors (Lipinski definition) is 4. The molecule has 78 valence electrons. The fourth-order valence-electron chi connectivity index (χ4n) is 0.964. The summed E-state index contributed by atoms with van der Waals surface area (Å²) < 4.78 is 36.5. The summed E-state index contributed by atoms with van der Waals surface area (Å²) in [6, 6.07) is 2.10. The first-order valence-electron chi connectivity index (χ1n) is 3.84.